The van der Waals surface area contributed by atoms with Crippen molar-refractivity contribution in [3.05, 3.63) is 88.9 Å². The number of thiophene rings is 1. The lowest BCUT2D eigenvalue weighted by Gasteiger charge is -2.24. The molecule has 5 aromatic rings. The molecule has 0 aliphatic rings. The highest BCUT2D eigenvalue weighted by Crippen LogP contribution is 2.44. The van der Waals surface area contributed by atoms with E-state index in [-0.39, 0.29) is 40.9 Å². The first kappa shape index (κ1) is 29.3. The number of furan rings is 1. The van der Waals surface area contributed by atoms with Gasteiger partial charge in [0.1, 0.15) is 17.1 Å². The number of aliphatic carboxylic acids is 1. The van der Waals surface area contributed by atoms with E-state index in [2.05, 4.69) is 9.97 Å². The van der Waals surface area contributed by atoms with Crippen LogP contribution >= 0.6 is 35.3 Å². The van der Waals surface area contributed by atoms with Crippen LogP contribution in [0.2, 0.25) is 5.02 Å². The second-order valence-corrected chi connectivity index (χ2v) is 9.95. The summed E-state index contributed by atoms with van der Waals surface area (Å²) < 4.78 is 54.2. The topological polar surface area (TPSA) is 111 Å². The third kappa shape index (κ3) is 6.07. The zero-order valence-corrected chi connectivity index (χ0v) is 22.7. The van der Waals surface area contributed by atoms with Crippen LogP contribution in [0.25, 0.3) is 32.5 Å². The molecule has 0 radical (unpaired) electrons. The molecule has 0 aliphatic heterocycles. The van der Waals surface area contributed by atoms with Gasteiger partial charge < -0.3 is 20.0 Å². The molecule has 2 atom stereocenters. The van der Waals surface area contributed by atoms with Gasteiger partial charge in [0.05, 0.1) is 18.0 Å². The number of nitrogens with two attached hydrogens (primary N) is 1. The Morgan fingerprint density at radius 2 is 1.85 bits per heavy atom. The van der Waals surface area contributed by atoms with E-state index in [0.717, 1.165) is 28.8 Å². The van der Waals surface area contributed by atoms with Crippen LogP contribution in [0.1, 0.15) is 17.2 Å². The molecule has 0 fully saturated rings. The Balaban J connectivity index is 0.00000370. The van der Waals surface area contributed by atoms with Crippen molar-refractivity contribution in [1.82, 2.24) is 9.97 Å². The summed E-state index contributed by atoms with van der Waals surface area (Å²) in [4.78, 5) is 19.4. The number of ether oxygens (including phenoxy) is 1. The number of hydrogen-bond donors (Lipinski definition) is 2. The number of benzene rings is 2. The number of rotatable bonds is 8. The molecule has 40 heavy (non-hydrogen) atoms. The van der Waals surface area contributed by atoms with Crippen LogP contribution in [0.3, 0.4) is 0 Å². The van der Waals surface area contributed by atoms with Gasteiger partial charge in [-0.2, -0.15) is 13.2 Å². The number of halogens is 5. The lowest BCUT2D eigenvalue weighted by Crippen LogP contribution is -2.32. The Kier molecular flexibility index (Phi) is 8.69. The molecule has 208 valence electrons. The lowest BCUT2D eigenvalue weighted by atomic mass is 9.97. The second kappa shape index (κ2) is 11.8. The standard InChI is InChI=1S/C27H19ClF3N3O4S.ClH/c28-17-5-6-18(19(10-17)16-7-8-37-11-16)24(27(29,30)31)38-25-23-22(33-13-34-25)20(12-39-23)15-3-1-14(2-4-15)9-21(32)26(35)36;/h1-8,10-13,21,24H,9,32H2,(H,35,36);1H/t21-,24+;/m0./s1. The van der Waals surface area contributed by atoms with E-state index < -0.39 is 24.3 Å². The summed E-state index contributed by atoms with van der Waals surface area (Å²) in [7, 11) is 0. The Hall–Kier alpha value is -3.64. The van der Waals surface area contributed by atoms with Crippen molar-refractivity contribution in [2.45, 2.75) is 24.7 Å². The van der Waals surface area contributed by atoms with Gasteiger partial charge in [0, 0.05) is 27.1 Å². The van der Waals surface area contributed by atoms with Crippen LogP contribution in [0.15, 0.2) is 77.2 Å². The summed E-state index contributed by atoms with van der Waals surface area (Å²) in [6.45, 7) is 0. The van der Waals surface area contributed by atoms with Crippen LogP contribution in [0, 0.1) is 0 Å². The lowest BCUT2D eigenvalue weighted by molar-refractivity contribution is -0.198. The minimum absolute atomic E-state index is 0. The van der Waals surface area contributed by atoms with E-state index >= 15 is 0 Å². The van der Waals surface area contributed by atoms with E-state index in [1.54, 1.807) is 29.6 Å². The molecule has 0 spiro atoms. The molecule has 3 aromatic heterocycles. The highest BCUT2D eigenvalue weighted by atomic mass is 35.5. The van der Waals surface area contributed by atoms with Crippen molar-refractivity contribution >= 4 is 51.5 Å². The van der Waals surface area contributed by atoms with Crippen LogP contribution in [-0.4, -0.2) is 33.3 Å². The number of carboxylic acid groups (broad SMARTS) is 1. The van der Waals surface area contributed by atoms with Crippen LogP contribution in [0.5, 0.6) is 5.88 Å². The fraction of sp³-hybridized carbons (Fsp3) is 0.148. The minimum atomic E-state index is -4.78. The van der Waals surface area contributed by atoms with Gasteiger partial charge in [0.25, 0.3) is 0 Å². The molecular weight excluding hydrogens is 590 g/mol. The van der Waals surface area contributed by atoms with Crippen molar-refractivity contribution in [1.29, 1.82) is 0 Å². The summed E-state index contributed by atoms with van der Waals surface area (Å²) in [6, 6.07) is 11.6. The average Bonchev–Trinajstić information content (AvgIpc) is 3.58. The second-order valence-electron chi connectivity index (χ2n) is 8.63. The van der Waals surface area contributed by atoms with E-state index in [0.29, 0.717) is 21.3 Å². The largest absolute Gasteiger partial charge is 0.480 e. The molecule has 0 unspecified atom stereocenters. The minimum Gasteiger partial charge on any atom is -0.480 e. The fourth-order valence-electron chi connectivity index (χ4n) is 4.12. The molecule has 13 heteroatoms. The Morgan fingerprint density at radius 3 is 2.50 bits per heavy atom. The SMILES string of the molecule is Cl.N[C@@H](Cc1ccc(-c2csc3c(O[C@H](c4ccc(Cl)cc4-c4ccoc4)C(F)(F)F)ncnc23)cc1)C(=O)O. The fourth-order valence-corrected chi connectivity index (χ4v) is 5.25. The van der Waals surface area contributed by atoms with E-state index in [1.165, 1.54) is 36.8 Å². The van der Waals surface area contributed by atoms with Gasteiger partial charge in [-0.15, -0.1) is 23.7 Å². The molecule has 7 nitrogen and oxygen atoms in total. The van der Waals surface area contributed by atoms with Gasteiger partial charge in [-0.1, -0.05) is 41.9 Å². The third-order valence-electron chi connectivity index (χ3n) is 6.02. The first-order valence-electron chi connectivity index (χ1n) is 11.5. The van der Waals surface area contributed by atoms with Crippen LogP contribution < -0.4 is 10.5 Å². The summed E-state index contributed by atoms with van der Waals surface area (Å²) in [5.41, 5.74) is 8.67. The summed E-state index contributed by atoms with van der Waals surface area (Å²) >= 11 is 7.25. The third-order valence-corrected chi connectivity index (χ3v) is 7.21. The molecule has 0 saturated heterocycles. The molecule has 3 N–H and O–H groups in total. The molecule has 3 heterocycles. The predicted octanol–water partition coefficient (Wildman–Crippen LogP) is 7.33. The van der Waals surface area contributed by atoms with Crippen molar-refractivity contribution in [2.75, 3.05) is 0 Å². The number of carbonyl (C=O) groups is 1. The van der Waals surface area contributed by atoms with Gasteiger partial charge >= 0.3 is 12.1 Å². The quantitative estimate of drug-likeness (QED) is 0.189. The molecule has 2 aromatic carbocycles. The van der Waals surface area contributed by atoms with Gasteiger partial charge in [0.2, 0.25) is 12.0 Å². The van der Waals surface area contributed by atoms with Gasteiger partial charge in [0.15, 0.2) is 0 Å². The maximum Gasteiger partial charge on any atom is 0.429 e. The van der Waals surface area contributed by atoms with E-state index in [1.807, 2.05) is 0 Å². The first-order valence-corrected chi connectivity index (χ1v) is 12.7. The molecule has 5 rings (SSSR count). The molecule has 0 amide bonds. The molecular formula is C27H20Cl2F3N3O4S. The molecule has 0 aliphatic carbocycles. The van der Waals surface area contributed by atoms with Crippen molar-refractivity contribution in [3.63, 3.8) is 0 Å². The Morgan fingerprint density at radius 1 is 1.10 bits per heavy atom. The maximum atomic E-state index is 14.4. The molecule has 0 bridgehead atoms. The van der Waals surface area contributed by atoms with Gasteiger partial charge in [-0.05, 0) is 41.3 Å². The number of hydrogen-bond acceptors (Lipinski definition) is 7. The van der Waals surface area contributed by atoms with Gasteiger partial charge in [-0.3, -0.25) is 4.79 Å². The monoisotopic (exact) mass is 609 g/mol. The van der Waals surface area contributed by atoms with Gasteiger partial charge in [-0.25, -0.2) is 9.97 Å². The highest BCUT2D eigenvalue weighted by molar-refractivity contribution is 7.18. The normalized spacial score (nSPS) is 13.0. The smallest absolute Gasteiger partial charge is 0.429 e. The number of aromatic nitrogens is 2. The summed E-state index contributed by atoms with van der Waals surface area (Å²) in [6.07, 6.45) is -3.13. The summed E-state index contributed by atoms with van der Waals surface area (Å²) in [5.74, 6) is -1.31. The number of carboxylic acids is 1. The van der Waals surface area contributed by atoms with Crippen LogP contribution in [-0.2, 0) is 11.2 Å². The Labute approximate surface area is 240 Å². The van der Waals surface area contributed by atoms with Crippen LogP contribution in [0.4, 0.5) is 13.2 Å². The summed E-state index contributed by atoms with van der Waals surface area (Å²) in [5, 5.41) is 11.0. The Bertz CT molecular complexity index is 1630. The zero-order chi connectivity index (χ0) is 27.7. The zero-order valence-electron chi connectivity index (χ0n) is 20.3. The number of alkyl halides is 3. The van der Waals surface area contributed by atoms with Crippen molar-refractivity contribution in [3.8, 4) is 28.1 Å². The first-order chi connectivity index (χ1) is 18.6. The molecule has 0 saturated carbocycles. The number of nitrogens with zero attached hydrogens (tertiary/aromatic N) is 2. The van der Waals surface area contributed by atoms with Crippen molar-refractivity contribution < 1.29 is 32.2 Å². The van der Waals surface area contributed by atoms with Crippen molar-refractivity contribution in [2.24, 2.45) is 5.73 Å². The number of fused-ring (bicyclic) bond motifs is 1. The maximum absolute atomic E-state index is 14.4. The van der Waals surface area contributed by atoms with E-state index in [9.17, 15) is 18.0 Å². The predicted molar refractivity (Wildman–Crippen MR) is 148 cm³/mol. The van der Waals surface area contributed by atoms with E-state index in [4.69, 9.17) is 31.6 Å². The average molecular weight is 610 g/mol. The highest BCUT2D eigenvalue weighted by Gasteiger charge is 2.45.